The van der Waals surface area contributed by atoms with Crippen molar-refractivity contribution in [2.24, 2.45) is 0 Å². The minimum absolute atomic E-state index is 0.0107. The van der Waals surface area contributed by atoms with Gasteiger partial charge in [-0.2, -0.15) is 5.10 Å². The maximum absolute atomic E-state index is 12.9. The number of nitrogens with one attached hydrogen (secondary N) is 3. The van der Waals surface area contributed by atoms with E-state index in [1.807, 2.05) is 6.07 Å². The Morgan fingerprint density at radius 1 is 1.06 bits per heavy atom. The zero-order valence-corrected chi connectivity index (χ0v) is 18.8. The van der Waals surface area contributed by atoms with Gasteiger partial charge in [-0.05, 0) is 24.1 Å². The summed E-state index contributed by atoms with van der Waals surface area (Å²) in [4.78, 5) is -0.0107. The highest BCUT2D eigenvalue weighted by molar-refractivity contribution is 7.92. The number of sulfonamides is 1. The van der Waals surface area contributed by atoms with Gasteiger partial charge in [0.1, 0.15) is 16.4 Å². The van der Waals surface area contributed by atoms with Crippen LogP contribution in [0.5, 0.6) is 11.5 Å². The molecule has 2 heterocycles. The minimum atomic E-state index is -3.97. The van der Waals surface area contributed by atoms with E-state index in [9.17, 15) is 8.42 Å². The monoisotopic (exact) mass is 457 g/mol. The van der Waals surface area contributed by atoms with Crippen LogP contribution in [0.25, 0.3) is 11.0 Å². The van der Waals surface area contributed by atoms with Crippen molar-refractivity contribution in [3.63, 3.8) is 0 Å². The van der Waals surface area contributed by atoms with E-state index in [0.29, 0.717) is 34.1 Å². The molecule has 0 fully saturated rings. The molecule has 0 aliphatic carbocycles. The van der Waals surface area contributed by atoms with Gasteiger partial charge in [0.15, 0.2) is 17.2 Å². The molecule has 0 saturated carbocycles. The first-order valence-corrected chi connectivity index (χ1v) is 11.3. The van der Waals surface area contributed by atoms with E-state index in [1.54, 1.807) is 30.3 Å². The van der Waals surface area contributed by atoms with Crippen LogP contribution in [0, 0.1) is 0 Å². The number of hydrogen-bond acceptors (Lipinski definition) is 8. The number of hydrogen-bond donors (Lipinski definition) is 3. The fourth-order valence-corrected chi connectivity index (χ4v) is 4.35. The molecule has 4 aromatic rings. The van der Waals surface area contributed by atoms with Crippen molar-refractivity contribution in [3.05, 3.63) is 48.2 Å². The molecule has 4 rings (SSSR count). The van der Waals surface area contributed by atoms with Crippen LogP contribution in [0.4, 0.5) is 17.3 Å². The number of ether oxygens (including phenoxy) is 2. The van der Waals surface area contributed by atoms with Gasteiger partial charge in [0.25, 0.3) is 10.0 Å². The summed E-state index contributed by atoms with van der Waals surface area (Å²) in [5, 5.41) is 14.7. The third-order valence-electron chi connectivity index (χ3n) is 4.86. The van der Waals surface area contributed by atoms with Gasteiger partial charge in [0.2, 0.25) is 0 Å². The second-order valence-electron chi connectivity index (χ2n) is 7.32. The lowest BCUT2D eigenvalue weighted by molar-refractivity contribution is 0.403. The Hall–Kier alpha value is -3.73. The molecule has 0 aliphatic rings. The molecule has 0 bridgehead atoms. The van der Waals surface area contributed by atoms with Gasteiger partial charge in [-0.1, -0.05) is 31.1 Å². The molecule has 0 aliphatic heterocycles. The van der Waals surface area contributed by atoms with E-state index in [-0.39, 0.29) is 16.5 Å². The van der Waals surface area contributed by atoms with Crippen LogP contribution < -0.4 is 19.5 Å². The number of benzene rings is 2. The standard InChI is InChI=1S/C21H23N5O5S/c1-12(2)14-11-20(24-23-14)22-15-10-17-13(9-18(15)30-4)21(25-31-17)26-32(27,28)19-8-6-5-7-16(19)29-3/h5-12H,1-4H3,(H,25,26)(H2,22,23,24). The van der Waals surface area contributed by atoms with Crippen molar-refractivity contribution in [2.45, 2.75) is 24.7 Å². The van der Waals surface area contributed by atoms with Gasteiger partial charge in [-0.15, -0.1) is 0 Å². The Morgan fingerprint density at radius 3 is 2.50 bits per heavy atom. The highest BCUT2D eigenvalue weighted by Gasteiger charge is 2.23. The molecular formula is C21H23N5O5S. The lowest BCUT2D eigenvalue weighted by Crippen LogP contribution is -2.14. The topological polar surface area (TPSA) is 131 Å². The molecule has 168 valence electrons. The zero-order chi connectivity index (χ0) is 22.9. The number of nitrogens with zero attached hydrogens (tertiary/aromatic N) is 2. The molecule has 10 nitrogen and oxygen atoms in total. The Labute approximate surface area is 185 Å². The predicted molar refractivity (Wildman–Crippen MR) is 120 cm³/mol. The second-order valence-corrected chi connectivity index (χ2v) is 8.98. The molecule has 0 atom stereocenters. The molecule has 2 aromatic heterocycles. The zero-order valence-electron chi connectivity index (χ0n) is 18.0. The van der Waals surface area contributed by atoms with Crippen LogP contribution in [0.2, 0.25) is 0 Å². The number of anilines is 3. The summed E-state index contributed by atoms with van der Waals surface area (Å²) < 4.78 is 44.3. The average molecular weight is 458 g/mol. The van der Waals surface area contributed by atoms with Gasteiger partial charge in [0.05, 0.1) is 25.3 Å². The number of fused-ring (bicyclic) bond motifs is 1. The van der Waals surface area contributed by atoms with Gasteiger partial charge in [-0.3, -0.25) is 9.82 Å². The average Bonchev–Trinajstić information content (AvgIpc) is 3.40. The number of aromatic amines is 1. The van der Waals surface area contributed by atoms with Gasteiger partial charge in [-0.25, -0.2) is 8.42 Å². The Morgan fingerprint density at radius 2 is 1.81 bits per heavy atom. The maximum Gasteiger partial charge on any atom is 0.266 e. The molecule has 0 amide bonds. The van der Waals surface area contributed by atoms with Crippen molar-refractivity contribution in [1.82, 2.24) is 15.4 Å². The molecule has 0 saturated heterocycles. The van der Waals surface area contributed by atoms with E-state index < -0.39 is 10.0 Å². The number of rotatable bonds is 8. The van der Waals surface area contributed by atoms with Crippen LogP contribution in [-0.4, -0.2) is 38.0 Å². The summed E-state index contributed by atoms with van der Waals surface area (Å²) >= 11 is 0. The van der Waals surface area contributed by atoms with Crippen molar-refractivity contribution in [1.29, 1.82) is 0 Å². The summed E-state index contributed by atoms with van der Waals surface area (Å²) in [5.41, 5.74) is 1.95. The first-order valence-electron chi connectivity index (χ1n) is 9.78. The predicted octanol–water partition coefficient (Wildman–Crippen LogP) is 4.24. The summed E-state index contributed by atoms with van der Waals surface area (Å²) in [6.07, 6.45) is 0. The third kappa shape index (κ3) is 4.06. The van der Waals surface area contributed by atoms with E-state index in [4.69, 9.17) is 14.0 Å². The van der Waals surface area contributed by atoms with Gasteiger partial charge < -0.3 is 19.3 Å². The molecule has 11 heteroatoms. The van der Waals surface area contributed by atoms with E-state index >= 15 is 0 Å². The molecule has 0 radical (unpaired) electrons. The highest BCUT2D eigenvalue weighted by Crippen LogP contribution is 2.36. The lowest BCUT2D eigenvalue weighted by atomic mass is 10.1. The summed E-state index contributed by atoms with van der Waals surface area (Å²) in [7, 11) is -1.05. The first-order chi connectivity index (χ1) is 15.3. The molecular weight excluding hydrogens is 434 g/mol. The smallest absolute Gasteiger partial charge is 0.266 e. The van der Waals surface area contributed by atoms with Crippen molar-refractivity contribution >= 4 is 38.3 Å². The number of para-hydroxylation sites is 1. The number of aromatic nitrogens is 3. The fourth-order valence-electron chi connectivity index (χ4n) is 3.16. The van der Waals surface area contributed by atoms with Crippen molar-refractivity contribution in [2.75, 3.05) is 24.3 Å². The van der Waals surface area contributed by atoms with E-state index in [0.717, 1.165) is 5.69 Å². The van der Waals surface area contributed by atoms with Crippen LogP contribution in [0.1, 0.15) is 25.5 Å². The summed E-state index contributed by atoms with van der Waals surface area (Å²) in [6.45, 7) is 4.12. The Balaban J connectivity index is 1.67. The molecule has 0 unspecified atom stereocenters. The van der Waals surface area contributed by atoms with E-state index in [2.05, 4.69) is 39.2 Å². The summed E-state index contributed by atoms with van der Waals surface area (Å²) in [6, 6.07) is 11.5. The fraction of sp³-hybridized carbons (Fsp3) is 0.238. The van der Waals surface area contributed by atoms with Gasteiger partial charge in [0, 0.05) is 17.8 Å². The van der Waals surface area contributed by atoms with Crippen molar-refractivity contribution < 1.29 is 22.4 Å². The second kappa shape index (κ2) is 8.42. The maximum atomic E-state index is 12.9. The normalized spacial score (nSPS) is 11.7. The van der Waals surface area contributed by atoms with Crippen molar-refractivity contribution in [3.8, 4) is 11.5 Å². The summed E-state index contributed by atoms with van der Waals surface area (Å²) in [5.74, 6) is 1.64. The Bertz CT molecular complexity index is 1360. The molecule has 3 N–H and O–H groups in total. The quantitative estimate of drug-likeness (QED) is 0.358. The third-order valence-corrected chi connectivity index (χ3v) is 6.24. The number of H-pyrrole nitrogens is 1. The molecule has 32 heavy (non-hydrogen) atoms. The lowest BCUT2D eigenvalue weighted by Gasteiger charge is -2.11. The highest BCUT2D eigenvalue weighted by atomic mass is 32.2. The minimum Gasteiger partial charge on any atom is -0.495 e. The van der Waals surface area contributed by atoms with Crippen LogP contribution in [0.15, 0.2) is 51.9 Å². The van der Waals surface area contributed by atoms with Gasteiger partial charge >= 0.3 is 0 Å². The largest absolute Gasteiger partial charge is 0.495 e. The number of methoxy groups -OCH3 is 2. The van der Waals surface area contributed by atoms with E-state index in [1.165, 1.54) is 20.3 Å². The van der Waals surface area contributed by atoms with Crippen LogP contribution >= 0.6 is 0 Å². The SMILES string of the molecule is COc1cc2c(NS(=O)(=O)c3ccccc3OC)noc2cc1Nc1cc(C(C)C)[nH]n1. The Kier molecular flexibility index (Phi) is 5.66. The molecule has 2 aromatic carbocycles. The van der Waals surface area contributed by atoms with Crippen LogP contribution in [0.3, 0.4) is 0 Å². The van der Waals surface area contributed by atoms with Crippen LogP contribution in [-0.2, 0) is 10.0 Å². The molecule has 0 spiro atoms. The first kappa shape index (κ1) is 21.5.